The van der Waals surface area contributed by atoms with Gasteiger partial charge in [-0.15, -0.1) is 0 Å². The number of carbonyl (C=O) groups is 2. The molecule has 160 valence electrons. The van der Waals surface area contributed by atoms with E-state index in [9.17, 15) is 14.7 Å². The third kappa shape index (κ3) is 3.33. The summed E-state index contributed by atoms with van der Waals surface area (Å²) in [4.78, 5) is 31.7. The van der Waals surface area contributed by atoms with Crippen LogP contribution in [-0.4, -0.2) is 27.9 Å². The van der Waals surface area contributed by atoms with Crippen molar-refractivity contribution in [2.75, 3.05) is 4.90 Å². The number of ketones is 1. The van der Waals surface area contributed by atoms with Crippen LogP contribution >= 0.6 is 11.6 Å². The minimum atomic E-state index is -0.803. The Morgan fingerprint density at radius 2 is 1.81 bits per heavy atom. The molecule has 0 spiro atoms. The van der Waals surface area contributed by atoms with Gasteiger partial charge in [-0.05, 0) is 72.6 Å². The highest BCUT2D eigenvalue weighted by Gasteiger charge is 2.47. The topological polar surface area (TPSA) is 79.7 Å². The standard InChI is InChI=1S/C25H19ClN2O4/c1-14-12-17-13-16(2-7-20(17)32-14)23(29)21-22(15-8-10-27-11-9-15)28(25(31)24(21)30)19-5-3-18(26)4-6-19/h2-11,13-14,22,29H,12H2,1H3/b23-21-. The Kier molecular flexibility index (Phi) is 4.94. The molecule has 3 aromatic rings. The van der Waals surface area contributed by atoms with Crippen LogP contribution in [0.2, 0.25) is 5.02 Å². The molecule has 0 saturated carbocycles. The number of aliphatic hydroxyl groups is 1. The number of fused-ring (bicyclic) bond motifs is 1. The van der Waals surface area contributed by atoms with E-state index in [1.54, 1.807) is 60.9 Å². The molecule has 2 aliphatic heterocycles. The van der Waals surface area contributed by atoms with Gasteiger partial charge in [0.15, 0.2) is 0 Å². The maximum atomic E-state index is 13.2. The van der Waals surface area contributed by atoms with Gasteiger partial charge in [0.25, 0.3) is 11.7 Å². The number of ether oxygens (including phenoxy) is 1. The molecule has 1 amide bonds. The molecule has 5 rings (SSSR count). The number of aliphatic hydroxyl groups excluding tert-OH is 1. The van der Waals surface area contributed by atoms with Gasteiger partial charge in [-0.25, -0.2) is 0 Å². The Morgan fingerprint density at radius 3 is 2.53 bits per heavy atom. The van der Waals surface area contributed by atoms with E-state index in [0.717, 1.165) is 11.3 Å². The van der Waals surface area contributed by atoms with E-state index >= 15 is 0 Å². The summed E-state index contributed by atoms with van der Waals surface area (Å²) in [7, 11) is 0. The van der Waals surface area contributed by atoms with Gasteiger partial charge in [0, 0.05) is 35.1 Å². The zero-order valence-electron chi connectivity index (χ0n) is 17.2. The van der Waals surface area contributed by atoms with E-state index < -0.39 is 17.7 Å². The molecule has 2 aliphatic rings. The normalized spacial score (nSPS) is 21.5. The van der Waals surface area contributed by atoms with Gasteiger partial charge >= 0.3 is 0 Å². The predicted octanol–water partition coefficient (Wildman–Crippen LogP) is 4.68. The number of aromatic nitrogens is 1. The molecule has 3 heterocycles. The lowest BCUT2D eigenvalue weighted by Gasteiger charge is -2.25. The summed E-state index contributed by atoms with van der Waals surface area (Å²) in [5.41, 5.74) is 2.62. The Labute approximate surface area is 189 Å². The second kappa shape index (κ2) is 7.80. The lowest BCUT2D eigenvalue weighted by Crippen LogP contribution is -2.29. The van der Waals surface area contributed by atoms with E-state index in [1.807, 2.05) is 13.0 Å². The lowest BCUT2D eigenvalue weighted by atomic mass is 9.95. The Bertz CT molecular complexity index is 1250. The van der Waals surface area contributed by atoms with Crippen LogP contribution in [0.4, 0.5) is 5.69 Å². The SMILES string of the molecule is CC1Cc2cc(/C(O)=C3/C(=O)C(=O)N(c4ccc(Cl)cc4)C3c3ccncc3)ccc2O1. The quantitative estimate of drug-likeness (QED) is 0.359. The highest BCUT2D eigenvalue weighted by Crippen LogP contribution is 2.42. The molecular formula is C25H19ClN2O4. The molecule has 1 aromatic heterocycles. The summed E-state index contributed by atoms with van der Waals surface area (Å²) in [6.45, 7) is 1.97. The van der Waals surface area contributed by atoms with Gasteiger partial charge in [0.1, 0.15) is 17.6 Å². The van der Waals surface area contributed by atoms with Crippen molar-refractivity contribution in [3.8, 4) is 5.75 Å². The summed E-state index contributed by atoms with van der Waals surface area (Å²) in [5.74, 6) is -0.913. The van der Waals surface area contributed by atoms with Gasteiger partial charge in [-0.1, -0.05) is 11.6 Å². The number of benzene rings is 2. The van der Waals surface area contributed by atoms with Crippen LogP contribution < -0.4 is 9.64 Å². The Hall–Kier alpha value is -3.64. The van der Waals surface area contributed by atoms with Crippen LogP contribution in [0.3, 0.4) is 0 Å². The van der Waals surface area contributed by atoms with E-state index in [0.29, 0.717) is 28.3 Å². The summed E-state index contributed by atoms with van der Waals surface area (Å²) in [5, 5.41) is 11.8. The first-order chi connectivity index (χ1) is 15.4. The number of rotatable bonds is 3. The van der Waals surface area contributed by atoms with Crippen LogP contribution in [0.15, 0.2) is 72.6 Å². The van der Waals surface area contributed by atoms with E-state index in [-0.39, 0.29) is 17.4 Å². The number of anilines is 1. The van der Waals surface area contributed by atoms with Crippen molar-refractivity contribution in [2.45, 2.75) is 25.5 Å². The number of Topliss-reactive ketones (excluding diaryl/α,β-unsaturated/α-hetero) is 1. The molecule has 32 heavy (non-hydrogen) atoms. The molecule has 6 nitrogen and oxygen atoms in total. The van der Waals surface area contributed by atoms with Crippen molar-refractivity contribution < 1.29 is 19.4 Å². The molecule has 1 fully saturated rings. The van der Waals surface area contributed by atoms with Crippen LogP contribution in [0.5, 0.6) is 5.75 Å². The Balaban J connectivity index is 1.68. The molecule has 2 unspecified atom stereocenters. The van der Waals surface area contributed by atoms with E-state index in [4.69, 9.17) is 16.3 Å². The fourth-order valence-corrected chi connectivity index (χ4v) is 4.41. The summed E-state index contributed by atoms with van der Waals surface area (Å²) < 4.78 is 5.74. The number of carbonyl (C=O) groups excluding carboxylic acids is 2. The van der Waals surface area contributed by atoms with Crippen molar-refractivity contribution in [1.29, 1.82) is 0 Å². The van der Waals surface area contributed by atoms with Crippen molar-refractivity contribution in [3.63, 3.8) is 0 Å². The fourth-order valence-electron chi connectivity index (χ4n) is 4.29. The maximum Gasteiger partial charge on any atom is 0.300 e. The average molecular weight is 447 g/mol. The first-order valence-electron chi connectivity index (χ1n) is 10.2. The van der Waals surface area contributed by atoms with Crippen molar-refractivity contribution in [1.82, 2.24) is 4.98 Å². The highest BCUT2D eigenvalue weighted by molar-refractivity contribution is 6.51. The molecule has 1 N–H and O–H groups in total. The van der Waals surface area contributed by atoms with Gasteiger partial charge < -0.3 is 9.84 Å². The van der Waals surface area contributed by atoms with Crippen LogP contribution in [0, 0.1) is 0 Å². The van der Waals surface area contributed by atoms with Crippen LogP contribution in [0.25, 0.3) is 5.76 Å². The first kappa shape index (κ1) is 20.3. The number of amides is 1. The smallest absolute Gasteiger partial charge is 0.300 e. The van der Waals surface area contributed by atoms with E-state index in [2.05, 4.69) is 4.98 Å². The third-order valence-electron chi connectivity index (χ3n) is 5.74. The molecule has 2 aromatic carbocycles. The molecule has 2 atom stereocenters. The minimum absolute atomic E-state index is 0.0306. The molecule has 1 saturated heterocycles. The highest BCUT2D eigenvalue weighted by atomic mass is 35.5. The largest absolute Gasteiger partial charge is 0.507 e. The molecular weight excluding hydrogens is 428 g/mol. The number of halogens is 1. The zero-order valence-corrected chi connectivity index (χ0v) is 17.9. The summed E-state index contributed by atoms with van der Waals surface area (Å²) in [6.07, 6.45) is 3.94. The molecule has 7 heteroatoms. The number of nitrogens with zero attached hydrogens (tertiary/aromatic N) is 2. The second-order valence-electron chi connectivity index (χ2n) is 7.88. The van der Waals surface area contributed by atoms with E-state index in [1.165, 1.54) is 4.90 Å². The molecule has 0 aliphatic carbocycles. The van der Waals surface area contributed by atoms with Gasteiger partial charge in [-0.3, -0.25) is 19.5 Å². The van der Waals surface area contributed by atoms with Gasteiger partial charge in [0.05, 0.1) is 11.6 Å². The molecule has 0 radical (unpaired) electrons. The maximum absolute atomic E-state index is 13.2. The average Bonchev–Trinajstić information content (AvgIpc) is 3.30. The predicted molar refractivity (Wildman–Crippen MR) is 121 cm³/mol. The van der Waals surface area contributed by atoms with Crippen molar-refractivity contribution >= 4 is 34.7 Å². The first-order valence-corrected chi connectivity index (χ1v) is 10.6. The van der Waals surface area contributed by atoms with Gasteiger partial charge in [0.2, 0.25) is 0 Å². The number of hydrogen-bond donors (Lipinski definition) is 1. The second-order valence-corrected chi connectivity index (χ2v) is 8.32. The lowest BCUT2D eigenvalue weighted by molar-refractivity contribution is -0.132. The summed E-state index contributed by atoms with van der Waals surface area (Å²) >= 11 is 6.01. The van der Waals surface area contributed by atoms with Crippen LogP contribution in [-0.2, 0) is 16.0 Å². The Morgan fingerprint density at radius 1 is 1.09 bits per heavy atom. The minimum Gasteiger partial charge on any atom is -0.507 e. The number of hydrogen-bond acceptors (Lipinski definition) is 5. The summed E-state index contributed by atoms with van der Waals surface area (Å²) in [6, 6.07) is 14.6. The monoisotopic (exact) mass is 446 g/mol. The number of pyridine rings is 1. The zero-order chi connectivity index (χ0) is 22.4. The van der Waals surface area contributed by atoms with Crippen LogP contribution in [0.1, 0.15) is 29.7 Å². The van der Waals surface area contributed by atoms with Crippen molar-refractivity contribution in [2.24, 2.45) is 0 Å². The van der Waals surface area contributed by atoms with Gasteiger partial charge in [-0.2, -0.15) is 0 Å². The fraction of sp³-hybridized carbons (Fsp3) is 0.160. The third-order valence-corrected chi connectivity index (χ3v) is 5.99. The molecule has 0 bridgehead atoms. The van der Waals surface area contributed by atoms with Crippen molar-refractivity contribution in [3.05, 3.63) is 94.3 Å².